The van der Waals surface area contributed by atoms with E-state index >= 15 is 0 Å². The van der Waals surface area contributed by atoms with Gasteiger partial charge in [-0.15, -0.1) is 0 Å². The lowest BCUT2D eigenvalue weighted by molar-refractivity contribution is -0.131. The molecule has 0 aromatic rings. The minimum absolute atomic E-state index is 0.0653. The van der Waals surface area contributed by atoms with Gasteiger partial charge < -0.3 is 10.6 Å². The molecule has 0 saturated carbocycles. The fourth-order valence-corrected chi connectivity index (χ4v) is 1.34. The maximum atomic E-state index is 11.6. The Balaban J connectivity index is 3.94. The van der Waals surface area contributed by atoms with Gasteiger partial charge in [-0.25, -0.2) is 0 Å². The van der Waals surface area contributed by atoms with Crippen molar-refractivity contribution in [1.29, 1.82) is 0 Å². The molecule has 0 aromatic carbocycles. The first kappa shape index (κ1) is 12.4. The van der Waals surface area contributed by atoms with Crippen LogP contribution >= 0.6 is 0 Å². The number of rotatable bonds is 5. The lowest BCUT2D eigenvalue weighted by atomic mass is 10.0. The zero-order valence-corrected chi connectivity index (χ0v) is 9.21. The van der Waals surface area contributed by atoms with E-state index in [2.05, 4.69) is 20.8 Å². The summed E-state index contributed by atoms with van der Waals surface area (Å²) in [4.78, 5) is 13.3. The van der Waals surface area contributed by atoms with Crippen LogP contribution in [0.25, 0.3) is 0 Å². The van der Waals surface area contributed by atoms with Gasteiger partial charge in [0.2, 0.25) is 5.91 Å². The minimum atomic E-state index is -0.323. The summed E-state index contributed by atoms with van der Waals surface area (Å²) < 4.78 is 0. The van der Waals surface area contributed by atoms with E-state index < -0.39 is 0 Å². The third-order valence-corrected chi connectivity index (χ3v) is 1.98. The molecule has 0 saturated heterocycles. The molecule has 1 amide bonds. The van der Waals surface area contributed by atoms with Crippen LogP contribution in [-0.4, -0.2) is 30.4 Å². The number of amides is 1. The SMILES string of the molecule is CCCN(C)C(=O)C(N)CC(C)C. The van der Waals surface area contributed by atoms with Crippen LogP contribution in [0.15, 0.2) is 0 Å². The molecule has 78 valence electrons. The molecular formula is C10H22N2O. The smallest absolute Gasteiger partial charge is 0.239 e. The van der Waals surface area contributed by atoms with Crippen molar-refractivity contribution in [2.75, 3.05) is 13.6 Å². The van der Waals surface area contributed by atoms with Gasteiger partial charge in [-0.1, -0.05) is 20.8 Å². The van der Waals surface area contributed by atoms with E-state index in [1.54, 1.807) is 4.90 Å². The molecule has 0 aromatic heterocycles. The van der Waals surface area contributed by atoms with Gasteiger partial charge in [0, 0.05) is 13.6 Å². The van der Waals surface area contributed by atoms with Crippen molar-refractivity contribution in [3.63, 3.8) is 0 Å². The highest BCUT2D eigenvalue weighted by Crippen LogP contribution is 2.05. The van der Waals surface area contributed by atoms with Gasteiger partial charge in [-0.2, -0.15) is 0 Å². The summed E-state index contributed by atoms with van der Waals surface area (Å²) in [6.07, 6.45) is 1.75. The van der Waals surface area contributed by atoms with Gasteiger partial charge >= 0.3 is 0 Å². The number of likely N-dealkylation sites (N-methyl/N-ethyl adjacent to an activating group) is 1. The Morgan fingerprint density at radius 3 is 2.38 bits per heavy atom. The van der Waals surface area contributed by atoms with Crippen LogP contribution < -0.4 is 5.73 Å². The van der Waals surface area contributed by atoms with Crippen molar-refractivity contribution in [2.24, 2.45) is 11.7 Å². The van der Waals surface area contributed by atoms with Crippen molar-refractivity contribution in [3.8, 4) is 0 Å². The molecule has 1 atom stereocenters. The standard InChI is InChI=1S/C10H22N2O/c1-5-6-12(4)10(13)9(11)7-8(2)3/h8-9H,5-7,11H2,1-4H3. The maximum absolute atomic E-state index is 11.6. The number of hydrogen-bond donors (Lipinski definition) is 1. The number of hydrogen-bond acceptors (Lipinski definition) is 2. The monoisotopic (exact) mass is 186 g/mol. The van der Waals surface area contributed by atoms with E-state index in [0.717, 1.165) is 19.4 Å². The molecule has 2 N–H and O–H groups in total. The lowest BCUT2D eigenvalue weighted by Gasteiger charge is -2.21. The van der Waals surface area contributed by atoms with Gasteiger partial charge in [-0.05, 0) is 18.8 Å². The highest BCUT2D eigenvalue weighted by atomic mass is 16.2. The summed E-state index contributed by atoms with van der Waals surface area (Å²) in [5, 5.41) is 0. The van der Waals surface area contributed by atoms with Gasteiger partial charge in [0.25, 0.3) is 0 Å². The first-order valence-electron chi connectivity index (χ1n) is 4.99. The van der Waals surface area contributed by atoms with Crippen LogP contribution in [0.3, 0.4) is 0 Å². The van der Waals surface area contributed by atoms with Crippen LogP contribution in [-0.2, 0) is 4.79 Å². The fourth-order valence-electron chi connectivity index (χ4n) is 1.34. The second-order valence-electron chi connectivity index (χ2n) is 4.00. The minimum Gasteiger partial charge on any atom is -0.344 e. The molecule has 0 aliphatic rings. The highest BCUT2D eigenvalue weighted by Gasteiger charge is 2.17. The number of carbonyl (C=O) groups excluding carboxylic acids is 1. The van der Waals surface area contributed by atoms with E-state index in [4.69, 9.17) is 5.73 Å². The van der Waals surface area contributed by atoms with Crippen LogP contribution in [0.5, 0.6) is 0 Å². The van der Waals surface area contributed by atoms with Crippen molar-refractivity contribution in [1.82, 2.24) is 4.90 Å². The maximum Gasteiger partial charge on any atom is 0.239 e. The molecule has 0 radical (unpaired) electrons. The molecule has 0 fully saturated rings. The first-order valence-corrected chi connectivity index (χ1v) is 4.99. The molecule has 0 rings (SSSR count). The number of nitrogens with zero attached hydrogens (tertiary/aromatic N) is 1. The molecule has 0 heterocycles. The molecule has 3 nitrogen and oxygen atoms in total. The van der Waals surface area contributed by atoms with Gasteiger partial charge in [0.05, 0.1) is 6.04 Å². The molecule has 0 spiro atoms. The van der Waals surface area contributed by atoms with Crippen LogP contribution in [0.2, 0.25) is 0 Å². The van der Waals surface area contributed by atoms with Crippen LogP contribution in [0.1, 0.15) is 33.6 Å². The van der Waals surface area contributed by atoms with E-state index in [9.17, 15) is 4.79 Å². The largest absolute Gasteiger partial charge is 0.344 e. The third-order valence-electron chi connectivity index (χ3n) is 1.98. The normalized spacial score (nSPS) is 13.1. The predicted octanol–water partition coefficient (Wildman–Crippen LogP) is 1.23. The Morgan fingerprint density at radius 2 is 2.00 bits per heavy atom. The van der Waals surface area contributed by atoms with Crippen LogP contribution in [0.4, 0.5) is 0 Å². The van der Waals surface area contributed by atoms with Gasteiger partial charge in [-0.3, -0.25) is 4.79 Å². The fraction of sp³-hybridized carbons (Fsp3) is 0.900. The van der Waals surface area contributed by atoms with E-state index in [0.29, 0.717) is 5.92 Å². The summed E-state index contributed by atoms with van der Waals surface area (Å²) in [7, 11) is 1.81. The van der Waals surface area contributed by atoms with E-state index in [1.165, 1.54) is 0 Å². The molecule has 3 heteroatoms. The zero-order valence-electron chi connectivity index (χ0n) is 9.21. The van der Waals surface area contributed by atoms with Crippen molar-refractivity contribution in [2.45, 2.75) is 39.7 Å². The second-order valence-corrected chi connectivity index (χ2v) is 4.00. The van der Waals surface area contributed by atoms with E-state index in [1.807, 2.05) is 7.05 Å². The average Bonchev–Trinajstić information content (AvgIpc) is 2.02. The molecule has 13 heavy (non-hydrogen) atoms. The molecular weight excluding hydrogens is 164 g/mol. The van der Waals surface area contributed by atoms with E-state index in [-0.39, 0.29) is 11.9 Å². The Bertz CT molecular complexity index is 157. The second kappa shape index (κ2) is 5.97. The summed E-state index contributed by atoms with van der Waals surface area (Å²) >= 11 is 0. The van der Waals surface area contributed by atoms with Gasteiger partial charge in [0.15, 0.2) is 0 Å². The predicted molar refractivity (Wildman–Crippen MR) is 55.4 cm³/mol. The Morgan fingerprint density at radius 1 is 1.46 bits per heavy atom. The summed E-state index contributed by atoms with van der Waals surface area (Å²) in [5.41, 5.74) is 5.76. The van der Waals surface area contributed by atoms with Crippen molar-refractivity contribution < 1.29 is 4.79 Å². The first-order chi connectivity index (χ1) is 5.99. The quantitative estimate of drug-likeness (QED) is 0.702. The number of nitrogens with two attached hydrogens (primary N) is 1. The average molecular weight is 186 g/mol. The highest BCUT2D eigenvalue weighted by molar-refractivity contribution is 5.81. The molecule has 0 aliphatic heterocycles. The Kier molecular flexibility index (Phi) is 5.71. The van der Waals surface area contributed by atoms with Gasteiger partial charge in [0.1, 0.15) is 0 Å². The van der Waals surface area contributed by atoms with Crippen molar-refractivity contribution >= 4 is 5.91 Å². The lowest BCUT2D eigenvalue weighted by Crippen LogP contribution is -2.42. The Hall–Kier alpha value is -0.570. The van der Waals surface area contributed by atoms with Crippen LogP contribution in [0, 0.1) is 5.92 Å². The molecule has 1 unspecified atom stereocenters. The zero-order chi connectivity index (χ0) is 10.4. The molecule has 0 bridgehead atoms. The van der Waals surface area contributed by atoms with Crippen molar-refractivity contribution in [3.05, 3.63) is 0 Å². The number of carbonyl (C=O) groups is 1. The summed E-state index contributed by atoms with van der Waals surface area (Å²) in [6, 6.07) is -0.323. The summed E-state index contributed by atoms with van der Waals surface area (Å²) in [5.74, 6) is 0.546. The third kappa shape index (κ3) is 4.88. The molecule has 0 aliphatic carbocycles. The topological polar surface area (TPSA) is 46.3 Å². The summed E-state index contributed by atoms with van der Waals surface area (Å²) in [6.45, 7) is 7.00. The Labute approximate surface area is 81.3 Å².